The van der Waals surface area contributed by atoms with Crippen LogP contribution in [0.1, 0.15) is 18.3 Å². The Kier molecular flexibility index (Phi) is 4.41. The summed E-state index contributed by atoms with van der Waals surface area (Å²) < 4.78 is 5.36. The molecule has 6 heteroatoms. The van der Waals surface area contributed by atoms with Gasteiger partial charge in [-0.2, -0.15) is 5.26 Å². The topological polar surface area (TPSA) is 81.9 Å². The number of imidazole rings is 1. The first kappa shape index (κ1) is 15.9. The van der Waals surface area contributed by atoms with Gasteiger partial charge in [0, 0.05) is 0 Å². The van der Waals surface area contributed by atoms with E-state index >= 15 is 0 Å². The van der Waals surface area contributed by atoms with Crippen LogP contribution in [-0.2, 0) is 0 Å². The molecule has 0 bridgehead atoms. The number of aromatic amines is 1. The lowest BCUT2D eigenvalue weighted by atomic mass is 10.1. The zero-order valence-corrected chi connectivity index (χ0v) is 13.6. The van der Waals surface area contributed by atoms with E-state index in [2.05, 4.69) is 16.0 Å². The summed E-state index contributed by atoms with van der Waals surface area (Å²) in [6.45, 7) is 2.21. The Morgan fingerprint density at radius 2 is 2.21 bits per heavy atom. The van der Waals surface area contributed by atoms with E-state index in [9.17, 15) is 10.4 Å². The summed E-state index contributed by atoms with van der Waals surface area (Å²) in [5.74, 6) is 0.636. The average molecular weight is 340 g/mol. The van der Waals surface area contributed by atoms with Crippen LogP contribution < -0.4 is 4.74 Å². The summed E-state index contributed by atoms with van der Waals surface area (Å²) in [5.41, 5.74) is 2.63. The van der Waals surface area contributed by atoms with Crippen molar-refractivity contribution in [1.82, 2.24) is 9.97 Å². The molecule has 0 aliphatic heterocycles. The Bertz CT molecular complexity index is 937. The molecule has 0 fully saturated rings. The number of nitrogens with one attached hydrogen (secondary N) is 1. The second-order valence-corrected chi connectivity index (χ2v) is 5.46. The van der Waals surface area contributed by atoms with Gasteiger partial charge in [-0.15, -0.1) is 0 Å². The van der Waals surface area contributed by atoms with Gasteiger partial charge < -0.3 is 14.8 Å². The highest BCUT2D eigenvalue weighted by Gasteiger charge is 2.11. The summed E-state index contributed by atoms with van der Waals surface area (Å²) >= 11 is 6.03. The zero-order valence-electron chi connectivity index (χ0n) is 12.9. The summed E-state index contributed by atoms with van der Waals surface area (Å²) in [7, 11) is 0. The third-order valence-corrected chi connectivity index (χ3v) is 3.71. The Balaban J connectivity index is 2.06. The molecule has 0 saturated carbocycles. The summed E-state index contributed by atoms with van der Waals surface area (Å²) in [6, 6.07) is 12.9. The number of nitriles is 1. The van der Waals surface area contributed by atoms with Crippen molar-refractivity contribution >= 4 is 34.3 Å². The lowest BCUT2D eigenvalue weighted by Gasteiger charge is -2.08. The van der Waals surface area contributed by atoms with Crippen molar-refractivity contribution in [3.05, 3.63) is 52.8 Å². The minimum Gasteiger partial charge on any atom is -0.503 e. The number of ether oxygens (including phenoxy) is 1. The summed E-state index contributed by atoms with van der Waals surface area (Å²) in [5, 5.41) is 19.5. The van der Waals surface area contributed by atoms with Crippen LogP contribution >= 0.6 is 11.6 Å². The Morgan fingerprint density at radius 1 is 1.42 bits per heavy atom. The number of aromatic hydroxyl groups is 1. The molecule has 3 aromatic rings. The normalized spacial score (nSPS) is 11.5. The van der Waals surface area contributed by atoms with Crippen LogP contribution in [-0.4, -0.2) is 21.7 Å². The van der Waals surface area contributed by atoms with Crippen molar-refractivity contribution < 1.29 is 9.84 Å². The first-order valence-corrected chi connectivity index (χ1v) is 7.72. The van der Waals surface area contributed by atoms with E-state index in [1.165, 1.54) is 0 Å². The molecule has 3 rings (SSSR count). The Morgan fingerprint density at radius 3 is 2.92 bits per heavy atom. The molecule has 24 heavy (non-hydrogen) atoms. The molecule has 2 aromatic carbocycles. The molecule has 0 saturated heterocycles. The van der Waals surface area contributed by atoms with E-state index in [1.807, 2.05) is 31.2 Å². The van der Waals surface area contributed by atoms with Crippen molar-refractivity contribution in [3.63, 3.8) is 0 Å². The van der Waals surface area contributed by atoms with Crippen molar-refractivity contribution in [2.24, 2.45) is 0 Å². The number of hydrogen-bond acceptors (Lipinski definition) is 4. The van der Waals surface area contributed by atoms with Gasteiger partial charge in [0.15, 0.2) is 11.5 Å². The molecule has 1 aromatic heterocycles. The van der Waals surface area contributed by atoms with Gasteiger partial charge >= 0.3 is 0 Å². The van der Waals surface area contributed by atoms with Gasteiger partial charge in [-0.25, -0.2) is 4.98 Å². The third-order valence-electron chi connectivity index (χ3n) is 3.43. The van der Waals surface area contributed by atoms with Gasteiger partial charge in [-0.05, 0) is 42.8 Å². The summed E-state index contributed by atoms with van der Waals surface area (Å²) in [6.07, 6.45) is 1.64. The molecule has 0 radical (unpaired) electrons. The maximum atomic E-state index is 9.90. The van der Waals surface area contributed by atoms with Crippen molar-refractivity contribution in [2.75, 3.05) is 6.61 Å². The SMILES string of the molecule is CCOc1cc(/C=C(/C#N)c2nc3ccccc3[nH]2)cc(Cl)c1O. The fourth-order valence-corrected chi connectivity index (χ4v) is 2.56. The predicted octanol–water partition coefficient (Wildman–Crippen LogP) is 4.38. The number of rotatable bonds is 4. The van der Waals surface area contributed by atoms with E-state index in [0.717, 1.165) is 11.0 Å². The van der Waals surface area contributed by atoms with E-state index in [1.54, 1.807) is 18.2 Å². The highest BCUT2D eigenvalue weighted by Crippen LogP contribution is 2.36. The van der Waals surface area contributed by atoms with Gasteiger partial charge in [0.2, 0.25) is 0 Å². The first-order chi connectivity index (χ1) is 11.6. The van der Waals surface area contributed by atoms with Crippen molar-refractivity contribution in [1.29, 1.82) is 5.26 Å². The molecule has 0 aliphatic carbocycles. The number of fused-ring (bicyclic) bond motifs is 1. The quantitative estimate of drug-likeness (QED) is 0.691. The number of nitrogens with zero attached hydrogens (tertiary/aromatic N) is 2. The van der Waals surface area contributed by atoms with Crippen LogP contribution in [0.5, 0.6) is 11.5 Å². The molecule has 5 nitrogen and oxygen atoms in total. The highest BCUT2D eigenvalue weighted by atomic mass is 35.5. The number of H-pyrrole nitrogens is 1. The number of allylic oxidation sites excluding steroid dienone is 1. The molecule has 0 amide bonds. The number of phenols is 1. The molecule has 0 unspecified atom stereocenters. The van der Waals surface area contributed by atoms with Gasteiger partial charge in [0.1, 0.15) is 11.9 Å². The fourth-order valence-electron chi connectivity index (χ4n) is 2.34. The van der Waals surface area contributed by atoms with Crippen LogP contribution in [0.15, 0.2) is 36.4 Å². The van der Waals surface area contributed by atoms with Gasteiger partial charge in [-0.3, -0.25) is 0 Å². The number of phenolic OH excluding ortho intramolecular Hbond substituents is 1. The lowest BCUT2D eigenvalue weighted by molar-refractivity contribution is 0.318. The molecule has 2 N–H and O–H groups in total. The molecule has 120 valence electrons. The van der Waals surface area contributed by atoms with Crippen molar-refractivity contribution in [3.8, 4) is 17.6 Å². The monoisotopic (exact) mass is 339 g/mol. The number of hydrogen-bond donors (Lipinski definition) is 2. The standard InChI is InChI=1S/C18H14ClN3O2/c1-2-24-16-9-11(8-13(19)17(16)23)7-12(10-20)18-21-14-5-3-4-6-15(14)22-18/h3-9,23H,2H2,1H3,(H,21,22)/b12-7-. The van der Waals surface area contributed by atoms with Gasteiger partial charge in [0.25, 0.3) is 0 Å². The molecule has 1 heterocycles. The minimum atomic E-state index is -0.113. The molecule has 0 aliphatic rings. The number of aromatic nitrogens is 2. The Hall–Kier alpha value is -2.97. The van der Waals surface area contributed by atoms with Gasteiger partial charge in [-0.1, -0.05) is 23.7 Å². The number of benzene rings is 2. The smallest absolute Gasteiger partial charge is 0.176 e. The van der Waals surface area contributed by atoms with Crippen LogP contribution in [0.25, 0.3) is 22.7 Å². The fraction of sp³-hybridized carbons (Fsp3) is 0.111. The molecular formula is C18H14ClN3O2. The predicted molar refractivity (Wildman–Crippen MR) is 93.9 cm³/mol. The minimum absolute atomic E-state index is 0.113. The number of para-hydroxylation sites is 2. The zero-order chi connectivity index (χ0) is 17.1. The van der Waals surface area contributed by atoms with Crippen LogP contribution in [0.2, 0.25) is 5.02 Å². The summed E-state index contributed by atoms with van der Waals surface area (Å²) in [4.78, 5) is 7.54. The third kappa shape index (κ3) is 3.05. The second-order valence-electron chi connectivity index (χ2n) is 5.05. The van der Waals surface area contributed by atoms with Crippen LogP contribution in [0, 0.1) is 11.3 Å². The lowest BCUT2D eigenvalue weighted by Crippen LogP contribution is -1.93. The van der Waals surface area contributed by atoms with Gasteiger partial charge in [0.05, 0.1) is 28.2 Å². The van der Waals surface area contributed by atoms with Crippen LogP contribution in [0.3, 0.4) is 0 Å². The average Bonchev–Trinajstić information content (AvgIpc) is 3.01. The Labute approximate surface area is 143 Å². The van der Waals surface area contributed by atoms with E-state index in [4.69, 9.17) is 16.3 Å². The largest absolute Gasteiger partial charge is 0.503 e. The first-order valence-electron chi connectivity index (χ1n) is 7.34. The second kappa shape index (κ2) is 6.65. The molecular weight excluding hydrogens is 326 g/mol. The van der Waals surface area contributed by atoms with E-state index in [-0.39, 0.29) is 16.5 Å². The maximum absolute atomic E-state index is 9.90. The van der Waals surface area contributed by atoms with Crippen LogP contribution in [0.4, 0.5) is 0 Å². The molecule has 0 atom stereocenters. The maximum Gasteiger partial charge on any atom is 0.176 e. The van der Waals surface area contributed by atoms with E-state index < -0.39 is 0 Å². The number of halogens is 1. The van der Waals surface area contributed by atoms with Crippen molar-refractivity contribution in [2.45, 2.75) is 6.92 Å². The molecule has 0 spiro atoms. The highest BCUT2D eigenvalue weighted by molar-refractivity contribution is 6.32. The van der Waals surface area contributed by atoms with E-state index in [0.29, 0.717) is 23.6 Å².